The zero-order valence-electron chi connectivity index (χ0n) is 12.7. The Morgan fingerprint density at radius 2 is 2.00 bits per heavy atom. The van der Waals surface area contributed by atoms with Crippen LogP contribution in [0.4, 0.5) is 5.69 Å². The summed E-state index contributed by atoms with van der Waals surface area (Å²) in [6.45, 7) is 9.54. The highest BCUT2D eigenvalue weighted by molar-refractivity contribution is 9.10. The van der Waals surface area contributed by atoms with Crippen LogP contribution in [0.3, 0.4) is 0 Å². The Morgan fingerprint density at radius 3 is 2.65 bits per heavy atom. The Morgan fingerprint density at radius 1 is 1.30 bits per heavy atom. The molecule has 0 aliphatic carbocycles. The van der Waals surface area contributed by atoms with Gasteiger partial charge in [0.05, 0.1) is 6.61 Å². The minimum atomic E-state index is 0.751. The third-order valence-electron chi connectivity index (χ3n) is 4.17. The lowest BCUT2D eigenvalue weighted by Gasteiger charge is -2.22. The fourth-order valence-electron chi connectivity index (χ4n) is 2.73. The summed E-state index contributed by atoms with van der Waals surface area (Å²) in [5.74, 6) is 1.54. The van der Waals surface area contributed by atoms with Crippen molar-refractivity contribution in [3.63, 3.8) is 0 Å². The van der Waals surface area contributed by atoms with Crippen molar-refractivity contribution in [2.24, 2.45) is 11.8 Å². The van der Waals surface area contributed by atoms with E-state index in [4.69, 9.17) is 4.74 Å². The van der Waals surface area contributed by atoms with Crippen molar-refractivity contribution in [1.82, 2.24) is 5.32 Å². The third-order valence-corrected chi connectivity index (χ3v) is 4.66. The smallest absolute Gasteiger partial charge is 0.0587 e. The molecular weight excluding hydrogens is 316 g/mol. The SMILES string of the molecule is COCCNCc1cc(Br)ccc1N1CC(C)C(C)C1. The number of anilines is 1. The summed E-state index contributed by atoms with van der Waals surface area (Å²) >= 11 is 3.58. The van der Waals surface area contributed by atoms with Gasteiger partial charge in [-0.1, -0.05) is 29.8 Å². The topological polar surface area (TPSA) is 24.5 Å². The standard InChI is InChI=1S/C16H25BrN2O/c1-12-10-19(11-13(12)2)16-5-4-15(17)8-14(16)9-18-6-7-20-3/h4-5,8,12-13,18H,6-7,9-11H2,1-3H3. The zero-order chi connectivity index (χ0) is 14.5. The van der Waals surface area contributed by atoms with E-state index in [0.717, 1.165) is 49.1 Å². The van der Waals surface area contributed by atoms with E-state index in [1.54, 1.807) is 7.11 Å². The van der Waals surface area contributed by atoms with Crippen molar-refractivity contribution < 1.29 is 4.74 Å². The molecule has 1 heterocycles. The number of ether oxygens (including phenoxy) is 1. The Hall–Kier alpha value is -0.580. The maximum Gasteiger partial charge on any atom is 0.0587 e. The Kier molecular flexibility index (Phi) is 5.87. The molecule has 1 fully saturated rings. The maximum atomic E-state index is 5.08. The van der Waals surface area contributed by atoms with Gasteiger partial charge in [-0.05, 0) is 35.6 Å². The van der Waals surface area contributed by atoms with Gasteiger partial charge in [0.25, 0.3) is 0 Å². The van der Waals surface area contributed by atoms with E-state index in [0.29, 0.717) is 0 Å². The minimum absolute atomic E-state index is 0.751. The molecule has 1 aliphatic heterocycles. The fourth-order valence-corrected chi connectivity index (χ4v) is 3.14. The lowest BCUT2D eigenvalue weighted by Crippen LogP contribution is -2.24. The second-order valence-electron chi connectivity index (χ2n) is 5.80. The quantitative estimate of drug-likeness (QED) is 0.804. The summed E-state index contributed by atoms with van der Waals surface area (Å²) in [5, 5.41) is 3.44. The highest BCUT2D eigenvalue weighted by atomic mass is 79.9. The van der Waals surface area contributed by atoms with Gasteiger partial charge in [0.1, 0.15) is 0 Å². The number of halogens is 1. The number of benzene rings is 1. The van der Waals surface area contributed by atoms with Gasteiger partial charge in [0.15, 0.2) is 0 Å². The third kappa shape index (κ3) is 3.96. The van der Waals surface area contributed by atoms with Crippen LogP contribution in [-0.4, -0.2) is 33.4 Å². The van der Waals surface area contributed by atoms with Crippen molar-refractivity contribution >= 4 is 21.6 Å². The predicted molar refractivity (Wildman–Crippen MR) is 88.3 cm³/mol. The van der Waals surface area contributed by atoms with Crippen molar-refractivity contribution in [3.8, 4) is 0 Å². The summed E-state index contributed by atoms with van der Waals surface area (Å²) in [6, 6.07) is 6.60. The van der Waals surface area contributed by atoms with E-state index in [1.807, 2.05) is 0 Å². The molecule has 0 aromatic heterocycles. The van der Waals surface area contributed by atoms with Gasteiger partial charge >= 0.3 is 0 Å². The van der Waals surface area contributed by atoms with Gasteiger partial charge in [0, 0.05) is 43.4 Å². The number of nitrogens with zero attached hydrogens (tertiary/aromatic N) is 1. The number of hydrogen-bond acceptors (Lipinski definition) is 3. The van der Waals surface area contributed by atoms with Crippen LogP contribution in [-0.2, 0) is 11.3 Å². The first-order valence-electron chi connectivity index (χ1n) is 7.35. The van der Waals surface area contributed by atoms with Crippen molar-refractivity contribution in [2.75, 3.05) is 38.3 Å². The van der Waals surface area contributed by atoms with E-state index in [2.05, 4.69) is 58.2 Å². The van der Waals surface area contributed by atoms with E-state index >= 15 is 0 Å². The molecule has 0 spiro atoms. The molecule has 0 saturated carbocycles. The van der Waals surface area contributed by atoms with Gasteiger partial charge in [-0.3, -0.25) is 0 Å². The molecule has 1 N–H and O–H groups in total. The molecule has 0 amide bonds. The molecule has 0 radical (unpaired) electrons. The second-order valence-corrected chi connectivity index (χ2v) is 6.72. The molecule has 2 unspecified atom stereocenters. The van der Waals surface area contributed by atoms with Gasteiger partial charge in [-0.25, -0.2) is 0 Å². The van der Waals surface area contributed by atoms with Crippen LogP contribution < -0.4 is 10.2 Å². The van der Waals surface area contributed by atoms with E-state index in [9.17, 15) is 0 Å². The van der Waals surface area contributed by atoms with Crippen molar-refractivity contribution in [2.45, 2.75) is 20.4 Å². The van der Waals surface area contributed by atoms with Crippen LogP contribution in [0.2, 0.25) is 0 Å². The zero-order valence-corrected chi connectivity index (χ0v) is 14.2. The van der Waals surface area contributed by atoms with Crippen LogP contribution in [0, 0.1) is 11.8 Å². The molecule has 2 atom stereocenters. The van der Waals surface area contributed by atoms with Crippen LogP contribution in [0.1, 0.15) is 19.4 Å². The van der Waals surface area contributed by atoms with Gasteiger partial charge in [-0.2, -0.15) is 0 Å². The second kappa shape index (κ2) is 7.43. The van der Waals surface area contributed by atoms with Crippen LogP contribution in [0.5, 0.6) is 0 Å². The average Bonchev–Trinajstić information content (AvgIpc) is 2.75. The monoisotopic (exact) mass is 340 g/mol. The van der Waals surface area contributed by atoms with Crippen molar-refractivity contribution in [1.29, 1.82) is 0 Å². The summed E-state index contributed by atoms with van der Waals surface area (Å²) in [5.41, 5.74) is 2.73. The first kappa shape index (κ1) is 15.8. The van der Waals surface area contributed by atoms with Crippen molar-refractivity contribution in [3.05, 3.63) is 28.2 Å². The molecule has 112 valence electrons. The Labute approximate surface area is 130 Å². The number of rotatable bonds is 6. The highest BCUT2D eigenvalue weighted by Gasteiger charge is 2.27. The first-order valence-corrected chi connectivity index (χ1v) is 8.14. The largest absolute Gasteiger partial charge is 0.383 e. The normalized spacial score (nSPS) is 22.5. The molecule has 1 aromatic carbocycles. The summed E-state index contributed by atoms with van der Waals surface area (Å²) in [6.07, 6.45) is 0. The van der Waals surface area contributed by atoms with Crippen LogP contribution in [0.25, 0.3) is 0 Å². The molecule has 2 rings (SSSR count). The Bertz CT molecular complexity index is 428. The first-order chi connectivity index (χ1) is 9.61. The Balaban J connectivity index is 2.07. The number of hydrogen-bond donors (Lipinski definition) is 1. The van der Waals surface area contributed by atoms with E-state index < -0.39 is 0 Å². The van der Waals surface area contributed by atoms with Gasteiger partial charge in [-0.15, -0.1) is 0 Å². The number of methoxy groups -OCH3 is 1. The van der Waals surface area contributed by atoms with Gasteiger partial charge < -0.3 is 15.0 Å². The summed E-state index contributed by atoms with van der Waals surface area (Å²) < 4.78 is 6.22. The summed E-state index contributed by atoms with van der Waals surface area (Å²) in [7, 11) is 1.74. The van der Waals surface area contributed by atoms with Crippen LogP contribution >= 0.6 is 15.9 Å². The lowest BCUT2D eigenvalue weighted by atomic mass is 10.0. The number of nitrogens with one attached hydrogen (secondary N) is 1. The molecule has 1 aromatic rings. The molecule has 3 nitrogen and oxygen atoms in total. The molecule has 0 bridgehead atoms. The highest BCUT2D eigenvalue weighted by Crippen LogP contribution is 2.31. The van der Waals surface area contributed by atoms with Crippen LogP contribution in [0.15, 0.2) is 22.7 Å². The van der Waals surface area contributed by atoms with E-state index in [-0.39, 0.29) is 0 Å². The molecule has 20 heavy (non-hydrogen) atoms. The average molecular weight is 341 g/mol. The predicted octanol–water partition coefficient (Wildman–Crippen LogP) is 3.28. The molecule has 1 aliphatic rings. The molecular formula is C16H25BrN2O. The molecule has 1 saturated heterocycles. The molecule has 4 heteroatoms. The summed E-state index contributed by atoms with van der Waals surface area (Å²) in [4.78, 5) is 2.52. The minimum Gasteiger partial charge on any atom is -0.383 e. The maximum absolute atomic E-state index is 5.08. The fraction of sp³-hybridized carbons (Fsp3) is 0.625. The van der Waals surface area contributed by atoms with E-state index in [1.165, 1.54) is 11.3 Å². The van der Waals surface area contributed by atoms with Gasteiger partial charge in [0.2, 0.25) is 0 Å². The lowest BCUT2D eigenvalue weighted by molar-refractivity contribution is 0.199.